The Balaban J connectivity index is 1.53. The zero-order valence-electron chi connectivity index (χ0n) is 19.2. The first-order valence-corrected chi connectivity index (χ1v) is 13.4. The van der Waals surface area contributed by atoms with E-state index in [-0.39, 0.29) is 27.3 Å². The number of primary sulfonamides is 1. The number of halogens is 1. The molecule has 0 amide bonds. The number of nitrogens with two attached hydrogens (primary N) is 1. The van der Waals surface area contributed by atoms with Gasteiger partial charge in [-0.05, 0) is 46.8 Å². The SMILES string of the molecule is NS(=O)(=O)c1ccccc1NC(=S)N=Nc1c(O)n(Cc2cccc3ccccc23)c2c(Cl)cccc12. The van der Waals surface area contributed by atoms with E-state index in [4.69, 9.17) is 29.0 Å². The summed E-state index contributed by atoms with van der Waals surface area (Å²) in [5, 5.41) is 30.5. The van der Waals surface area contributed by atoms with Crippen LogP contribution in [0.4, 0.5) is 11.4 Å². The molecule has 0 unspecified atom stereocenters. The molecule has 0 aliphatic heterocycles. The first-order valence-electron chi connectivity index (χ1n) is 11.0. The van der Waals surface area contributed by atoms with Gasteiger partial charge < -0.3 is 15.0 Å². The van der Waals surface area contributed by atoms with E-state index < -0.39 is 10.0 Å². The largest absolute Gasteiger partial charge is 0.493 e. The van der Waals surface area contributed by atoms with E-state index in [0.717, 1.165) is 16.3 Å². The van der Waals surface area contributed by atoms with Gasteiger partial charge in [0.25, 0.3) is 0 Å². The van der Waals surface area contributed by atoms with Crippen LogP contribution in [0.5, 0.6) is 5.88 Å². The molecule has 0 spiro atoms. The number of thiocarbonyl (C=S) groups is 1. The van der Waals surface area contributed by atoms with E-state index in [1.54, 1.807) is 34.9 Å². The van der Waals surface area contributed by atoms with Gasteiger partial charge in [-0.2, -0.15) is 0 Å². The molecule has 11 heteroatoms. The van der Waals surface area contributed by atoms with Gasteiger partial charge in [-0.15, -0.1) is 10.2 Å². The Labute approximate surface area is 223 Å². The number of anilines is 1. The van der Waals surface area contributed by atoms with Gasteiger partial charge in [-0.1, -0.05) is 78.3 Å². The van der Waals surface area contributed by atoms with Crippen molar-refractivity contribution < 1.29 is 13.5 Å². The second-order valence-electron chi connectivity index (χ2n) is 8.20. The van der Waals surface area contributed by atoms with Crippen molar-refractivity contribution in [1.82, 2.24) is 4.57 Å². The van der Waals surface area contributed by atoms with Gasteiger partial charge in [-0.25, -0.2) is 13.6 Å². The van der Waals surface area contributed by atoms with Crippen molar-refractivity contribution in [3.63, 3.8) is 0 Å². The summed E-state index contributed by atoms with van der Waals surface area (Å²) in [5.41, 5.74) is 1.94. The third-order valence-corrected chi connectivity index (χ3v) is 7.32. The summed E-state index contributed by atoms with van der Waals surface area (Å²) in [6, 6.07) is 25.3. The van der Waals surface area contributed by atoms with Crippen LogP contribution in [0, 0.1) is 0 Å². The molecule has 37 heavy (non-hydrogen) atoms. The molecule has 1 aromatic heterocycles. The third-order valence-electron chi connectivity index (χ3n) is 5.86. The summed E-state index contributed by atoms with van der Waals surface area (Å²) in [6.45, 7) is 0.341. The fourth-order valence-electron chi connectivity index (χ4n) is 4.24. The minimum absolute atomic E-state index is 0.118. The van der Waals surface area contributed by atoms with Crippen LogP contribution >= 0.6 is 23.8 Å². The van der Waals surface area contributed by atoms with Crippen molar-refractivity contribution in [2.45, 2.75) is 11.4 Å². The molecule has 4 N–H and O–H groups in total. The molecule has 0 saturated carbocycles. The first-order chi connectivity index (χ1) is 17.7. The highest BCUT2D eigenvalue weighted by atomic mass is 35.5. The van der Waals surface area contributed by atoms with Gasteiger partial charge in [0.2, 0.25) is 21.0 Å². The smallest absolute Gasteiger partial charge is 0.240 e. The molecular formula is C26H20ClN5O3S2. The molecule has 0 aliphatic carbocycles. The number of nitrogens with one attached hydrogen (secondary N) is 1. The van der Waals surface area contributed by atoms with Crippen LogP contribution in [0.25, 0.3) is 21.7 Å². The lowest BCUT2D eigenvalue weighted by Gasteiger charge is -2.11. The van der Waals surface area contributed by atoms with Crippen LogP contribution < -0.4 is 10.5 Å². The Hall–Kier alpha value is -3.83. The van der Waals surface area contributed by atoms with Crippen LogP contribution in [0.15, 0.2) is 100 Å². The standard InChI is InChI=1S/C26H20ClN5O3S2/c27-20-12-6-11-19-23(30-31-26(36)29-21-13-3-4-14-22(21)37(28,34)35)25(33)32(24(19)20)15-17-9-5-8-16-7-1-2-10-18(16)17/h1-14,33H,15H2,(H,29,36)(H2,28,34,35). The maximum atomic E-state index is 11.9. The summed E-state index contributed by atoms with van der Waals surface area (Å²) in [5.74, 6) is -0.132. The number of nitrogens with zero attached hydrogens (tertiary/aromatic N) is 3. The van der Waals surface area contributed by atoms with E-state index >= 15 is 0 Å². The number of sulfonamides is 1. The predicted molar refractivity (Wildman–Crippen MR) is 150 cm³/mol. The minimum atomic E-state index is -3.98. The van der Waals surface area contributed by atoms with Gasteiger partial charge in [0.05, 0.1) is 22.8 Å². The Kier molecular flexibility index (Phi) is 6.65. The first kappa shape index (κ1) is 24.8. The van der Waals surface area contributed by atoms with Crippen molar-refractivity contribution in [1.29, 1.82) is 0 Å². The molecule has 0 aliphatic rings. The van der Waals surface area contributed by atoms with E-state index in [2.05, 4.69) is 15.5 Å². The summed E-state index contributed by atoms with van der Waals surface area (Å²) in [4.78, 5) is -0.131. The molecule has 5 rings (SSSR count). The van der Waals surface area contributed by atoms with Crippen molar-refractivity contribution in [2.75, 3.05) is 5.32 Å². The number of azo groups is 1. The number of fused-ring (bicyclic) bond motifs is 2. The van der Waals surface area contributed by atoms with Crippen LogP contribution in [-0.4, -0.2) is 23.2 Å². The molecule has 5 aromatic rings. The van der Waals surface area contributed by atoms with Crippen LogP contribution in [-0.2, 0) is 16.6 Å². The summed E-state index contributed by atoms with van der Waals surface area (Å²) in [6.07, 6.45) is 0. The molecule has 0 fully saturated rings. The monoisotopic (exact) mass is 549 g/mol. The molecule has 0 radical (unpaired) electrons. The maximum Gasteiger partial charge on any atom is 0.240 e. The van der Waals surface area contributed by atoms with Crippen LogP contribution in [0.3, 0.4) is 0 Å². The Morgan fingerprint density at radius 1 is 0.973 bits per heavy atom. The molecule has 186 valence electrons. The number of hydrogen-bond acceptors (Lipinski definition) is 5. The highest BCUT2D eigenvalue weighted by Gasteiger charge is 2.20. The fraction of sp³-hybridized carbons (Fsp3) is 0.0385. The second-order valence-corrected chi connectivity index (χ2v) is 10.5. The zero-order chi connectivity index (χ0) is 26.2. The average molecular weight is 550 g/mol. The third kappa shape index (κ3) is 4.92. The highest BCUT2D eigenvalue weighted by Crippen LogP contribution is 2.42. The Morgan fingerprint density at radius 3 is 2.46 bits per heavy atom. The molecule has 1 heterocycles. The average Bonchev–Trinajstić information content (AvgIpc) is 3.14. The lowest BCUT2D eigenvalue weighted by molar-refractivity contribution is 0.430. The van der Waals surface area contributed by atoms with Crippen molar-refractivity contribution in [3.8, 4) is 5.88 Å². The normalized spacial score (nSPS) is 11.9. The Bertz CT molecular complexity index is 1810. The quantitative estimate of drug-likeness (QED) is 0.175. The summed E-state index contributed by atoms with van der Waals surface area (Å²) >= 11 is 11.8. The van der Waals surface area contributed by atoms with Crippen LogP contribution in [0.2, 0.25) is 5.02 Å². The topological polar surface area (TPSA) is 122 Å². The van der Waals surface area contributed by atoms with E-state index in [1.807, 2.05) is 42.5 Å². The number of aromatic nitrogens is 1. The minimum Gasteiger partial charge on any atom is -0.493 e. The van der Waals surface area contributed by atoms with Crippen LogP contribution in [0.1, 0.15) is 5.56 Å². The van der Waals surface area contributed by atoms with E-state index in [9.17, 15) is 13.5 Å². The predicted octanol–water partition coefficient (Wildman–Crippen LogP) is 6.33. The molecule has 0 saturated heterocycles. The van der Waals surface area contributed by atoms with Gasteiger partial charge in [0, 0.05) is 5.39 Å². The molecular weight excluding hydrogens is 530 g/mol. The second kappa shape index (κ2) is 9.91. The Morgan fingerprint density at radius 2 is 1.65 bits per heavy atom. The number of para-hydroxylation sites is 2. The summed E-state index contributed by atoms with van der Waals surface area (Å²) < 4.78 is 25.4. The summed E-state index contributed by atoms with van der Waals surface area (Å²) in [7, 11) is -3.98. The zero-order valence-corrected chi connectivity index (χ0v) is 21.6. The van der Waals surface area contributed by atoms with Gasteiger partial charge >= 0.3 is 0 Å². The fourth-order valence-corrected chi connectivity index (χ4v) is 5.36. The number of hydrogen-bond donors (Lipinski definition) is 3. The van der Waals surface area contributed by atoms with Gasteiger partial charge in [0.15, 0.2) is 5.69 Å². The molecule has 0 bridgehead atoms. The molecule has 4 aromatic carbocycles. The maximum absolute atomic E-state index is 11.9. The number of benzene rings is 4. The van der Waals surface area contributed by atoms with Crippen molar-refractivity contribution in [2.24, 2.45) is 15.4 Å². The number of aromatic hydroxyl groups is 1. The lowest BCUT2D eigenvalue weighted by atomic mass is 10.0. The van der Waals surface area contributed by atoms with Gasteiger partial charge in [0.1, 0.15) is 4.90 Å². The molecule has 0 atom stereocenters. The van der Waals surface area contributed by atoms with Gasteiger partial charge in [-0.3, -0.25) is 0 Å². The highest BCUT2D eigenvalue weighted by molar-refractivity contribution is 7.89. The molecule has 8 nitrogen and oxygen atoms in total. The van der Waals surface area contributed by atoms with Crippen molar-refractivity contribution in [3.05, 3.63) is 95.5 Å². The van der Waals surface area contributed by atoms with E-state index in [0.29, 0.717) is 22.5 Å². The van der Waals surface area contributed by atoms with Crippen molar-refractivity contribution >= 4 is 72.0 Å². The van der Waals surface area contributed by atoms with E-state index in [1.165, 1.54) is 12.1 Å². The number of rotatable bonds is 5. The lowest BCUT2D eigenvalue weighted by Crippen LogP contribution is -2.16.